The van der Waals surface area contributed by atoms with Crippen molar-refractivity contribution in [2.24, 2.45) is 5.92 Å². The summed E-state index contributed by atoms with van der Waals surface area (Å²) in [5, 5.41) is 1.08. The third-order valence-electron chi connectivity index (χ3n) is 6.66. The molecule has 0 radical (unpaired) electrons. The highest BCUT2D eigenvalue weighted by Gasteiger charge is 2.32. The number of amides is 1. The molecule has 1 aromatic heterocycles. The van der Waals surface area contributed by atoms with Crippen molar-refractivity contribution in [1.29, 1.82) is 0 Å². The molecule has 0 N–H and O–H groups in total. The molecule has 160 valence electrons. The van der Waals surface area contributed by atoms with Crippen molar-refractivity contribution in [2.75, 3.05) is 36.5 Å². The van der Waals surface area contributed by atoms with Crippen LogP contribution >= 0.6 is 0 Å². The van der Waals surface area contributed by atoms with Crippen molar-refractivity contribution in [3.8, 4) is 5.75 Å². The molecule has 3 aromatic rings. The molecule has 0 saturated carbocycles. The van der Waals surface area contributed by atoms with E-state index in [4.69, 9.17) is 4.74 Å². The van der Waals surface area contributed by atoms with E-state index in [-0.39, 0.29) is 11.8 Å². The fourth-order valence-electron chi connectivity index (χ4n) is 5.09. The van der Waals surface area contributed by atoms with Crippen LogP contribution in [0.5, 0.6) is 5.75 Å². The number of carbonyl (C=O) groups is 1. The molecule has 2 aromatic carbocycles. The zero-order valence-electron chi connectivity index (χ0n) is 18.3. The van der Waals surface area contributed by atoms with Crippen molar-refractivity contribution in [3.05, 3.63) is 59.8 Å². The minimum atomic E-state index is 0.00910. The van der Waals surface area contributed by atoms with E-state index in [9.17, 15) is 4.79 Å². The van der Waals surface area contributed by atoms with Gasteiger partial charge in [-0.15, -0.1) is 0 Å². The molecule has 3 heterocycles. The number of aryl methyl sites for hydroxylation is 2. The van der Waals surface area contributed by atoms with Gasteiger partial charge < -0.3 is 14.5 Å². The van der Waals surface area contributed by atoms with E-state index in [1.807, 2.05) is 29.3 Å². The van der Waals surface area contributed by atoms with Crippen LogP contribution in [0.2, 0.25) is 0 Å². The Labute approximate surface area is 183 Å². The van der Waals surface area contributed by atoms with Crippen LogP contribution in [-0.2, 0) is 11.2 Å². The number of rotatable bonds is 3. The number of piperidine rings is 1. The Balaban J connectivity index is 1.42. The largest absolute Gasteiger partial charge is 0.497 e. The second kappa shape index (κ2) is 8.22. The lowest BCUT2D eigenvalue weighted by Crippen LogP contribution is -2.46. The molecule has 2 aliphatic heterocycles. The number of anilines is 2. The highest BCUT2D eigenvalue weighted by molar-refractivity contribution is 5.97. The predicted octanol–water partition coefficient (Wildman–Crippen LogP) is 4.75. The van der Waals surface area contributed by atoms with Crippen molar-refractivity contribution in [2.45, 2.75) is 32.6 Å². The number of benzene rings is 2. The minimum absolute atomic E-state index is 0.00910. The van der Waals surface area contributed by atoms with Gasteiger partial charge in [-0.3, -0.25) is 9.78 Å². The van der Waals surface area contributed by atoms with Gasteiger partial charge in [0.15, 0.2) is 0 Å². The molecule has 2 aliphatic rings. The molecule has 0 spiro atoms. The predicted molar refractivity (Wildman–Crippen MR) is 125 cm³/mol. The van der Waals surface area contributed by atoms with Crippen LogP contribution < -0.4 is 14.5 Å². The highest BCUT2D eigenvalue weighted by Crippen LogP contribution is 2.34. The van der Waals surface area contributed by atoms with E-state index in [1.165, 1.54) is 11.1 Å². The Kier molecular flexibility index (Phi) is 5.26. The molecular formula is C26H29N3O2. The van der Waals surface area contributed by atoms with E-state index < -0.39 is 0 Å². The van der Waals surface area contributed by atoms with Gasteiger partial charge in [-0.05, 0) is 68.5 Å². The van der Waals surface area contributed by atoms with Crippen molar-refractivity contribution in [1.82, 2.24) is 4.98 Å². The van der Waals surface area contributed by atoms with Crippen LogP contribution in [0.25, 0.3) is 10.9 Å². The number of aromatic nitrogens is 1. The van der Waals surface area contributed by atoms with Gasteiger partial charge in [-0.1, -0.05) is 17.7 Å². The first-order valence-corrected chi connectivity index (χ1v) is 11.2. The number of hydrogen-bond donors (Lipinski definition) is 0. The topological polar surface area (TPSA) is 45.7 Å². The van der Waals surface area contributed by atoms with Crippen LogP contribution in [0.3, 0.4) is 0 Å². The van der Waals surface area contributed by atoms with E-state index in [1.54, 1.807) is 7.11 Å². The van der Waals surface area contributed by atoms with Crippen LogP contribution in [0, 0.1) is 12.8 Å². The molecule has 0 aliphatic carbocycles. The number of carbonyl (C=O) groups excluding carboxylic acids is 1. The van der Waals surface area contributed by atoms with E-state index >= 15 is 0 Å². The lowest BCUT2D eigenvalue weighted by atomic mass is 9.93. The summed E-state index contributed by atoms with van der Waals surface area (Å²) in [6, 6.07) is 14.5. The second-order valence-corrected chi connectivity index (χ2v) is 8.72. The van der Waals surface area contributed by atoms with Gasteiger partial charge in [0.05, 0.1) is 18.5 Å². The molecule has 5 nitrogen and oxygen atoms in total. The number of fused-ring (bicyclic) bond motifs is 2. The molecule has 31 heavy (non-hydrogen) atoms. The zero-order valence-corrected chi connectivity index (χ0v) is 18.3. The Morgan fingerprint density at radius 2 is 1.97 bits per heavy atom. The second-order valence-electron chi connectivity index (χ2n) is 8.72. The monoisotopic (exact) mass is 415 g/mol. The van der Waals surface area contributed by atoms with Crippen molar-refractivity contribution >= 4 is 28.2 Å². The van der Waals surface area contributed by atoms with Gasteiger partial charge in [0.2, 0.25) is 5.91 Å². The number of nitrogens with zero attached hydrogens (tertiary/aromatic N) is 3. The third kappa shape index (κ3) is 3.73. The Bertz CT molecular complexity index is 1130. The average molecular weight is 416 g/mol. The summed E-state index contributed by atoms with van der Waals surface area (Å²) in [4.78, 5) is 22.5. The normalized spacial score (nSPS) is 18.7. The summed E-state index contributed by atoms with van der Waals surface area (Å²) in [5.41, 5.74) is 5.76. The lowest BCUT2D eigenvalue weighted by Gasteiger charge is -2.38. The van der Waals surface area contributed by atoms with Crippen LogP contribution in [-0.4, -0.2) is 37.6 Å². The first-order chi connectivity index (χ1) is 15.1. The molecular weight excluding hydrogens is 386 g/mol. The maximum Gasteiger partial charge on any atom is 0.231 e. The molecule has 1 unspecified atom stereocenters. The van der Waals surface area contributed by atoms with Crippen LogP contribution in [0.4, 0.5) is 11.4 Å². The quantitative estimate of drug-likeness (QED) is 0.619. The number of methoxy groups -OCH3 is 1. The fourth-order valence-corrected chi connectivity index (χ4v) is 5.09. The van der Waals surface area contributed by atoms with E-state index in [0.29, 0.717) is 0 Å². The third-order valence-corrected chi connectivity index (χ3v) is 6.66. The van der Waals surface area contributed by atoms with Gasteiger partial charge in [-0.25, -0.2) is 0 Å². The molecule has 0 bridgehead atoms. The Morgan fingerprint density at radius 3 is 2.84 bits per heavy atom. The van der Waals surface area contributed by atoms with Gasteiger partial charge in [-0.2, -0.15) is 0 Å². The zero-order chi connectivity index (χ0) is 21.4. The summed E-state index contributed by atoms with van der Waals surface area (Å²) in [6.45, 7) is 4.64. The maximum atomic E-state index is 13.6. The standard InChI is InChI=1S/C26H29N3O2/c1-18-7-10-24-19(15-18)5-4-14-29(24)26(30)20-6-3-13-28(17-20)25-11-12-27-23-9-8-21(31-2)16-22(23)25/h7-12,15-16,20H,3-6,13-14,17H2,1-2H3. The van der Waals surface area contributed by atoms with Crippen molar-refractivity contribution < 1.29 is 9.53 Å². The van der Waals surface area contributed by atoms with Gasteiger partial charge >= 0.3 is 0 Å². The molecule has 1 atom stereocenters. The summed E-state index contributed by atoms with van der Waals surface area (Å²) in [5.74, 6) is 1.10. The van der Waals surface area contributed by atoms with Crippen LogP contribution in [0.1, 0.15) is 30.4 Å². The van der Waals surface area contributed by atoms with Gasteiger partial charge in [0.25, 0.3) is 0 Å². The molecule has 1 fully saturated rings. The van der Waals surface area contributed by atoms with E-state index in [0.717, 1.165) is 73.3 Å². The SMILES string of the molecule is COc1ccc2nccc(N3CCCC(C(=O)N4CCCc5cc(C)ccc54)C3)c2c1. The number of hydrogen-bond acceptors (Lipinski definition) is 4. The summed E-state index contributed by atoms with van der Waals surface area (Å²) < 4.78 is 5.44. The van der Waals surface area contributed by atoms with Gasteiger partial charge in [0, 0.05) is 42.6 Å². The summed E-state index contributed by atoms with van der Waals surface area (Å²) in [7, 11) is 1.69. The molecule has 5 heteroatoms. The number of pyridine rings is 1. The molecule has 1 amide bonds. The van der Waals surface area contributed by atoms with Crippen molar-refractivity contribution in [3.63, 3.8) is 0 Å². The van der Waals surface area contributed by atoms with Gasteiger partial charge in [0.1, 0.15) is 5.75 Å². The molecule has 1 saturated heterocycles. The average Bonchev–Trinajstić information content (AvgIpc) is 2.82. The lowest BCUT2D eigenvalue weighted by molar-refractivity contribution is -0.122. The Morgan fingerprint density at radius 1 is 1.06 bits per heavy atom. The fraction of sp³-hybridized carbons (Fsp3) is 0.385. The Hall–Kier alpha value is -3.08. The minimum Gasteiger partial charge on any atom is -0.497 e. The highest BCUT2D eigenvalue weighted by atomic mass is 16.5. The summed E-state index contributed by atoms with van der Waals surface area (Å²) >= 11 is 0. The first-order valence-electron chi connectivity index (χ1n) is 11.2. The number of ether oxygens (including phenoxy) is 1. The summed E-state index contributed by atoms with van der Waals surface area (Å²) in [6.07, 6.45) is 5.91. The maximum absolute atomic E-state index is 13.6. The van der Waals surface area contributed by atoms with Crippen LogP contribution in [0.15, 0.2) is 48.7 Å². The first kappa shape index (κ1) is 19.9. The smallest absolute Gasteiger partial charge is 0.231 e. The van der Waals surface area contributed by atoms with E-state index in [2.05, 4.69) is 41.1 Å². The molecule has 5 rings (SSSR count).